The lowest BCUT2D eigenvalue weighted by atomic mass is 10.1. The molecule has 3 nitrogen and oxygen atoms in total. The Hall–Kier alpha value is -2.24. The van der Waals surface area contributed by atoms with Crippen LogP contribution in [0.25, 0.3) is 11.3 Å². The first kappa shape index (κ1) is 17.6. The van der Waals surface area contributed by atoms with Gasteiger partial charge in [-0.05, 0) is 32.0 Å². The first-order chi connectivity index (χ1) is 11.9. The fraction of sp³-hybridized carbons (Fsp3) is 0.158. The number of carbonyl (C=O) groups excluding carboxylic acids is 1. The number of amides is 1. The van der Waals surface area contributed by atoms with Crippen molar-refractivity contribution in [3.8, 4) is 11.3 Å². The molecule has 3 rings (SSSR count). The van der Waals surface area contributed by atoms with E-state index in [1.807, 2.05) is 38.1 Å². The smallest absolute Gasteiger partial charge is 0.229 e. The maximum absolute atomic E-state index is 13.8. The van der Waals surface area contributed by atoms with Gasteiger partial charge in [0.15, 0.2) is 0 Å². The molecule has 6 heteroatoms. The third-order valence-electron chi connectivity index (χ3n) is 3.66. The van der Waals surface area contributed by atoms with Gasteiger partial charge < -0.3 is 5.32 Å². The SMILES string of the molecule is Cc1ccc(-c2nc(C)sc2CC(=O)Nc2ccc(Cl)cc2F)cc1. The molecule has 1 amide bonds. The van der Waals surface area contributed by atoms with Crippen molar-refractivity contribution >= 4 is 34.5 Å². The molecule has 0 unspecified atom stereocenters. The van der Waals surface area contributed by atoms with E-state index in [0.717, 1.165) is 26.7 Å². The fourth-order valence-electron chi connectivity index (χ4n) is 2.46. The lowest BCUT2D eigenvalue weighted by Crippen LogP contribution is -2.15. The van der Waals surface area contributed by atoms with Gasteiger partial charge in [-0.3, -0.25) is 4.79 Å². The van der Waals surface area contributed by atoms with Crippen LogP contribution in [0.3, 0.4) is 0 Å². The highest BCUT2D eigenvalue weighted by atomic mass is 35.5. The Bertz CT molecular complexity index is 922. The second kappa shape index (κ2) is 7.33. The molecule has 0 saturated heterocycles. The van der Waals surface area contributed by atoms with E-state index in [1.165, 1.54) is 29.5 Å². The summed E-state index contributed by atoms with van der Waals surface area (Å²) in [5.74, 6) is -0.849. The average Bonchev–Trinajstić information content (AvgIpc) is 2.91. The molecule has 1 heterocycles. The fourth-order valence-corrected chi connectivity index (χ4v) is 3.57. The van der Waals surface area contributed by atoms with Gasteiger partial charge >= 0.3 is 0 Å². The highest BCUT2D eigenvalue weighted by Crippen LogP contribution is 2.29. The molecule has 1 N–H and O–H groups in total. The topological polar surface area (TPSA) is 42.0 Å². The summed E-state index contributed by atoms with van der Waals surface area (Å²) >= 11 is 7.20. The first-order valence-corrected chi connectivity index (χ1v) is 8.90. The summed E-state index contributed by atoms with van der Waals surface area (Å²) in [5, 5.41) is 3.76. The zero-order chi connectivity index (χ0) is 18.0. The van der Waals surface area contributed by atoms with Gasteiger partial charge in [-0.1, -0.05) is 41.4 Å². The largest absolute Gasteiger partial charge is 0.323 e. The molecule has 0 aliphatic heterocycles. The van der Waals surface area contributed by atoms with E-state index in [-0.39, 0.29) is 23.0 Å². The van der Waals surface area contributed by atoms with E-state index >= 15 is 0 Å². The van der Waals surface area contributed by atoms with E-state index < -0.39 is 5.82 Å². The Balaban J connectivity index is 1.81. The van der Waals surface area contributed by atoms with Crippen molar-refractivity contribution in [2.75, 3.05) is 5.32 Å². The lowest BCUT2D eigenvalue weighted by Gasteiger charge is -2.07. The zero-order valence-corrected chi connectivity index (χ0v) is 15.3. The van der Waals surface area contributed by atoms with Crippen LogP contribution < -0.4 is 5.32 Å². The molecule has 0 fully saturated rings. The van der Waals surface area contributed by atoms with Crippen molar-refractivity contribution in [2.24, 2.45) is 0 Å². The normalized spacial score (nSPS) is 10.7. The Morgan fingerprint density at radius 2 is 1.92 bits per heavy atom. The average molecular weight is 375 g/mol. The molecule has 128 valence electrons. The van der Waals surface area contributed by atoms with Gasteiger partial charge in [0.1, 0.15) is 5.82 Å². The standard InChI is InChI=1S/C19H16ClFN2OS/c1-11-3-5-13(6-4-11)19-17(25-12(2)22-19)10-18(24)23-16-8-7-14(20)9-15(16)21/h3-9H,10H2,1-2H3,(H,23,24). The van der Waals surface area contributed by atoms with Crippen LogP contribution in [-0.2, 0) is 11.2 Å². The van der Waals surface area contributed by atoms with Crippen molar-refractivity contribution in [1.82, 2.24) is 4.98 Å². The summed E-state index contributed by atoms with van der Waals surface area (Å²) in [7, 11) is 0. The minimum Gasteiger partial charge on any atom is -0.323 e. The predicted molar refractivity (Wildman–Crippen MR) is 101 cm³/mol. The number of benzene rings is 2. The summed E-state index contributed by atoms with van der Waals surface area (Å²) < 4.78 is 13.8. The van der Waals surface area contributed by atoms with Crippen molar-refractivity contribution < 1.29 is 9.18 Å². The summed E-state index contributed by atoms with van der Waals surface area (Å²) in [4.78, 5) is 17.7. The van der Waals surface area contributed by atoms with Crippen molar-refractivity contribution in [3.63, 3.8) is 0 Å². The second-order valence-corrected chi connectivity index (χ2v) is 7.44. The van der Waals surface area contributed by atoms with Crippen LogP contribution in [-0.4, -0.2) is 10.9 Å². The molecule has 0 radical (unpaired) electrons. The van der Waals surface area contributed by atoms with Crippen molar-refractivity contribution in [1.29, 1.82) is 0 Å². The van der Waals surface area contributed by atoms with Gasteiger partial charge in [0.2, 0.25) is 5.91 Å². The van der Waals surface area contributed by atoms with Crippen LogP contribution in [0.15, 0.2) is 42.5 Å². The Labute approximate surface area is 154 Å². The molecular weight excluding hydrogens is 359 g/mol. The van der Waals surface area contributed by atoms with Crippen molar-refractivity contribution in [3.05, 3.63) is 68.8 Å². The van der Waals surface area contributed by atoms with Crippen LogP contribution in [0.2, 0.25) is 5.02 Å². The van der Waals surface area contributed by atoms with E-state index in [1.54, 1.807) is 0 Å². The number of carbonyl (C=O) groups is 1. The molecule has 2 aromatic carbocycles. The second-order valence-electron chi connectivity index (χ2n) is 5.72. The lowest BCUT2D eigenvalue weighted by molar-refractivity contribution is -0.115. The molecule has 0 bridgehead atoms. The number of anilines is 1. The number of rotatable bonds is 4. The van der Waals surface area contributed by atoms with Crippen LogP contribution in [0.5, 0.6) is 0 Å². The molecule has 1 aromatic heterocycles. The number of halogens is 2. The molecule has 3 aromatic rings. The van der Waals surface area contributed by atoms with Crippen LogP contribution >= 0.6 is 22.9 Å². The Morgan fingerprint density at radius 3 is 2.60 bits per heavy atom. The van der Waals surface area contributed by atoms with Crippen LogP contribution in [0.1, 0.15) is 15.4 Å². The Kier molecular flexibility index (Phi) is 5.16. The minimum atomic E-state index is -0.555. The van der Waals surface area contributed by atoms with E-state index in [0.29, 0.717) is 0 Å². The highest BCUT2D eigenvalue weighted by Gasteiger charge is 2.16. The molecule has 25 heavy (non-hydrogen) atoms. The molecule has 0 saturated carbocycles. The van der Waals surface area contributed by atoms with E-state index in [2.05, 4.69) is 10.3 Å². The van der Waals surface area contributed by atoms with Crippen LogP contribution in [0.4, 0.5) is 10.1 Å². The zero-order valence-electron chi connectivity index (χ0n) is 13.8. The molecule has 0 atom stereocenters. The summed E-state index contributed by atoms with van der Waals surface area (Å²) in [5.41, 5.74) is 3.05. The maximum Gasteiger partial charge on any atom is 0.229 e. The van der Waals surface area contributed by atoms with Gasteiger partial charge in [-0.25, -0.2) is 9.37 Å². The number of nitrogens with zero attached hydrogens (tertiary/aromatic N) is 1. The highest BCUT2D eigenvalue weighted by molar-refractivity contribution is 7.12. The monoisotopic (exact) mass is 374 g/mol. The van der Waals surface area contributed by atoms with Crippen LogP contribution in [0, 0.1) is 19.7 Å². The number of hydrogen-bond donors (Lipinski definition) is 1. The molecular formula is C19H16ClFN2OS. The third-order valence-corrected chi connectivity index (χ3v) is 4.86. The van der Waals surface area contributed by atoms with Gasteiger partial charge in [0, 0.05) is 15.5 Å². The third kappa shape index (κ3) is 4.24. The molecule has 0 aliphatic carbocycles. The minimum absolute atomic E-state index is 0.118. The summed E-state index contributed by atoms with van der Waals surface area (Å²) in [6.07, 6.45) is 0.136. The van der Waals surface area contributed by atoms with E-state index in [9.17, 15) is 9.18 Å². The predicted octanol–water partition coefficient (Wildman–Crippen LogP) is 5.40. The van der Waals surface area contributed by atoms with Gasteiger partial charge in [0.05, 0.1) is 22.8 Å². The van der Waals surface area contributed by atoms with Crippen molar-refractivity contribution in [2.45, 2.75) is 20.3 Å². The Morgan fingerprint density at radius 1 is 1.20 bits per heavy atom. The summed E-state index contributed by atoms with van der Waals surface area (Å²) in [6.45, 7) is 3.92. The number of thiazole rings is 1. The molecule has 0 spiro atoms. The first-order valence-electron chi connectivity index (χ1n) is 7.70. The quantitative estimate of drug-likeness (QED) is 0.664. The molecule has 0 aliphatic rings. The number of aryl methyl sites for hydroxylation is 2. The van der Waals surface area contributed by atoms with E-state index in [4.69, 9.17) is 11.6 Å². The van der Waals surface area contributed by atoms with Gasteiger partial charge in [-0.15, -0.1) is 11.3 Å². The number of hydrogen-bond acceptors (Lipinski definition) is 3. The van der Waals surface area contributed by atoms with Gasteiger partial charge in [-0.2, -0.15) is 0 Å². The number of aromatic nitrogens is 1. The maximum atomic E-state index is 13.8. The van der Waals surface area contributed by atoms with Gasteiger partial charge in [0.25, 0.3) is 0 Å². The number of nitrogens with one attached hydrogen (secondary N) is 1. The summed E-state index contributed by atoms with van der Waals surface area (Å²) in [6, 6.07) is 12.2.